The predicted octanol–water partition coefficient (Wildman–Crippen LogP) is -3.89. The topological polar surface area (TPSA) is 228 Å². The quantitative estimate of drug-likeness (QED) is 0.157. The van der Waals surface area contributed by atoms with Gasteiger partial charge < -0.3 is 42.1 Å². The maximum Gasteiger partial charge on any atom is 0.328 e. The van der Waals surface area contributed by atoms with Crippen molar-refractivity contribution in [3.8, 4) is 0 Å². The lowest BCUT2D eigenvalue weighted by Crippen LogP contribution is -2.57. The number of carbonyl (C=O) groups is 5. The minimum absolute atomic E-state index is 0.187. The Kier molecular flexibility index (Phi) is 10.7. The second-order valence-electron chi connectivity index (χ2n) is 6.11. The molecule has 0 bridgehead atoms. The zero-order chi connectivity index (χ0) is 22.0. The summed E-state index contributed by atoms with van der Waals surface area (Å²) in [6, 6.07) is -4.29. The molecule has 0 aromatic heterocycles. The van der Waals surface area contributed by atoms with E-state index in [1.165, 1.54) is 6.92 Å². The highest BCUT2D eigenvalue weighted by Crippen LogP contribution is 1.99. The molecule has 160 valence electrons. The van der Waals surface area contributed by atoms with Gasteiger partial charge in [-0.15, -0.1) is 0 Å². The Morgan fingerprint density at radius 3 is 1.86 bits per heavy atom. The molecule has 0 rings (SSSR count). The van der Waals surface area contributed by atoms with Crippen molar-refractivity contribution in [2.24, 2.45) is 5.73 Å². The van der Waals surface area contributed by atoms with Gasteiger partial charge in [0.2, 0.25) is 17.7 Å². The van der Waals surface area contributed by atoms with Gasteiger partial charge in [-0.1, -0.05) is 0 Å². The molecule has 13 nitrogen and oxygen atoms in total. The van der Waals surface area contributed by atoms with Crippen LogP contribution in [0, 0.1) is 0 Å². The molecule has 9 N–H and O–H groups in total. The molecule has 13 heteroatoms. The van der Waals surface area contributed by atoms with Crippen LogP contribution in [0.25, 0.3) is 0 Å². The molecule has 5 atom stereocenters. The fourth-order valence-electron chi connectivity index (χ4n) is 1.97. The molecule has 5 unspecified atom stereocenters. The summed E-state index contributed by atoms with van der Waals surface area (Å²) >= 11 is 0. The van der Waals surface area contributed by atoms with Gasteiger partial charge in [0.25, 0.3) is 0 Å². The molecule has 0 aromatic rings. The molecule has 0 fully saturated rings. The molecule has 0 radical (unpaired) electrons. The third-order valence-corrected chi connectivity index (χ3v) is 3.56. The van der Waals surface area contributed by atoms with Gasteiger partial charge in [0, 0.05) is 6.42 Å². The van der Waals surface area contributed by atoms with Gasteiger partial charge in [-0.2, -0.15) is 0 Å². The Balaban J connectivity index is 4.74. The number of nitrogens with one attached hydrogen (secondary N) is 3. The number of aliphatic hydroxyl groups is 2. The van der Waals surface area contributed by atoms with Gasteiger partial charge in [-0.3, -0.25) is 19.2 Å². The number of hydrogen-bond donors (Lipinski definition) is 8. The summed E-state index contributed by atoms with van der Waals surface area (Å²) in [6.45, 7) is 1.67. The maximum absolute atomic E-state index is 12.1. The number of amides is 3. The van der Waals surface area contributed by atoms with Crippen LogP contribution in [0.4, 0.5) is 0 Å². The number of hydrogen-bond acceptors (Lipinski definition) is 8. The van der Waals surface area contributed by atoms with Crippen LogP contribution in [-0.2, 0) is 24.0 Å². The molecule has 0 heterocycles. The number of nitrogens with two attached hydrogens (primary N) is 1. The van der Waals surface area contributed by atoms with Crippen molar-refractivity contribution in [1.29, 1.82) is 0 Å². The van der Waals surface area contributed by atoms with Crippen molar-refractivity contribution in [3.63, 3.8) is 0 Å². The molecule has 0 aromatic carbocycles. The summed E-state index contributed by atoms with van der Waals surface area (Å²) in [5.41, 5.74) is 5.52. The predicted molar refractivity (Wildman–Crippen MR) is 92.7 cm³/mol. The Bertz CT molecular complexity index is 594. The number of carboxylic acid groups (broad SMARTS) is 2. The molecule has 0 aliphatic rings. The fourth-order valence-corrected chi connectivity index (χ4v) is 1.97. The zero-order valence-electron chi connectivity index (χ0n) is 15.4. The van der Waals surface area contributed by atoms with Crippen LogP contribution in [-0.4, -0.2) is 87.0 Å². The lowest BCUT2D eigenvalue weighted by Gasteiger charge is -2.23. The Morgan fingerprint density at radius 2 is 1.43 bits per heavy atom. The SMILES string of the molecule is CC(O)C(NC(=O)CNC(=O)C(NC(=O)C(N)CCC(=O)O)C(C)O)C(=O)O. The van der Waals surface area contributed by atoms with E-state index in [0.717, 1.165) is 6.92 Å². The van der Waals surface area contributed by atoms with E-state index in [9.17, 15) is 34.2 Å². The summed E-state index contributed by atoms with van der Waals surface area (Å²) in [5, 5.41) is 42.7. The summed E-state index contributed by atoms with van der Waals surface area (Å²) in [5.74, 6) is -5.37. The van der Waals surface area contributed by atoms with Crippen molar-refractivity contribution >= 4 is 29.7 Å². The molecule has 0 aliphatic carbocycles. The van der Waals surface area contributed by atoms with E-state index in [2.05, 4.69) is 10.6 Å². The van der Waals surface area contributed by atoms with Gasteiger partial charge in [-0.05, 0) is 20.3 Å². The summed E-state index contributed by atoms with van der Waals surface area (Å²) < 4.78 is 0. The number of carbonyl (C=O) groups excluding carboxylic acids is 3. The fraction of sp³-hybridized carbons (Fsp3) is 0.667. The van der Waals surface area contributed by atoms with Crippen molar-refractivity contribution in [1.82, 2.24) is 16.0 Å². The second-order valence-corrected chi connectivity index (χ2v) is 6.11. The van der Waals surface area contributed by atoms with Crippen molar-refractivity contribution in [3.05, 3.63) is 0 Å². The Hall–Kier alpha value is -2.77. The first-order valence-corrected chi connectivity index (χ1v) is 8.30. The van der Waals surface area contributed by atoms with E-state index < -0.39 is 66.5 Å². The normalized spacial score (nSPS) is 16.0. The molecule has 28 heavy (non-hydrogen) atoms. The molecule has 0 spiro atoms. The van der Waals surface area contributed by atoms with E-state index in [-0.39, 0.29) is 12.8 Å². The van der Waals surface area contributed by atoms with Crippen molar-refractivity contribution < 1.29 is 44.4 Å². The van der Waals surface area contributed by atoms with Crippen molar-refractivity contribution in [2.75, 3.05) is 6.54 Å². The third kappa shape index (κ3) is 9.25. The summed E-state index contributed by atoms with van der Waals surface area (Å²) in [6.07, 6.45) is -3.31. The van der Waals surface area contributed by atoms with E-state index in [1.54, 1.807) is 0 Å². The Labute approximate surface area is 160 Å². The maximum atomic E-state index is 12.1. The monoisotopic (exact) mass is 406 g/mol. The minimum Gasteiger partial charge on any atom is -0.481 e. The largest absolute Gasteiger partial charge is 0.481 e. The van der Waals surface area contributed by atoms with Gasteiger partial charge >= 0.3 is 11.9 Å². The van der Waals surface area contributed by atoms with Crippen LogP contribution in [0.15, 0.2) is 0 Å². The van der Waals surface area contributed by atoms with Crippen LogP contribution in [0.3, 0.4) is 0 Å². The zero-order valence-corrected chi connectivity index (χ0v) is 15.4. The number of rotatable bonds is 12. The van der Waals surface area contributed by atoms with E-state index >= 15 is 0 Å². The number of aliphatic carboxylic acids is 2. The highest BCUT2D eigenvalue weighted by molar-refractivity contribution is 5.93. The molecule has 0 saturated heterocycles. The highest BCUT2D eigenvalue weighted by Gasteiger charge is 2.29. The van der Waals surface area contributed by atoms with Crippen LogP contribution in [0.2, 0.25) is 0 Å². The summed E-state index contributed by atoms with van der Waals surface area (Å²) in [4.78, 5) is 57.1. The van der Waals surface area contributed by atoms with E-state index in [4.69, 9.17) is 15.9 Å². The van der Waals surface area contributed by atoms with Gasteiger partial charge in [-0.25, -0.2) is 4.79 Å². The first-order valence-electron chi connectivity index (χ1n) is 8.30. The van der Waals surface area contributed by atoms with Gasteiger partial charge in [0.1, 0.15) is 6.04 Å². The number of carboxylic acids is 2. The summed E-state index contributed by atoms with van der Waals surface area (Å²) in [7, 11) is 0. The lowest BCUT2D eigenvalue weighted by atomic mass is 10.1. The molecular weight excluding hydrogens is 380 g/mol. The first-order chi connectivity index (χ1) is 12.9. The standard InChI is InChI=1S/C15H26N4O9/c1-6(20)11(19-13(25)8(16)3-4-10(23)24)14(26)17-5-9(22)18-12(7(2)21)15(27)28/h6-8,11-12,20-21H,3-5,16H2,1-2H3,(H,17,26)(H,18,22)(H,19,25)(H,23,24)(H,27,28). The van der Waals surface area contributed by atoms with E-state index in [1.807, 2.05) is 5.32 Å². The van der Waals surface area contributed by atoms with Crippen LogP contribution < -0.4 is 21.7 Å². The molecular formula is C15H26N4O9. The van der Waals surface area contributed by atoms with Gasteiger partial charge in [0.05, 0.1) is 24.8 Å². The molecule has 3 amide bonds. The van der Waals surface area contributed by atoms with Crippen molar-refractivity contribution in [2.45, 2.75) is 57.0 Å². The average Bonchev–Trinajstić information content (AvgIpc) is 2.58. The molecule has 0 saturated carbocycles. The number of aliphatic hydroxyl groups excluding tert-OH is 2. The third-order valence-electron chi connectivity index (χ3n) is 3.56. The lowest BCUT2D eigenvalue weighted by molar-refractivity contribution is -0.144. The molecule has 0 aliphatic heterocycles. The minimum atomic E-state index is -1.58. The average molecular weight is 406 g/mol. The van der Waals surface area contributed by atoms with Crippen LogP contribution >= 0.6 is 0 Å². The smallest absolute Gasteiger partial charge is 0.328 e. The van der Waals surface area contributed by atoms with Crippen LogP contribution in [0.5, 0.6) is 0 Å². The van der Waals surface area contributed by atoms with E-state index in [0.29, 0.717) is 0 Å². The highest BCUT2D eigenvalue weighted by atomic mass is 16.4. The van der Waals surface area contributed by atoms with Crippen LogP contribution in [0.1, 0.15) is 26.7 Å². The van der Waals surface area contributed by atoms with Gasteiger partial charge in [0.15, 0.2) is 6.04 Å². The Morgan fingerprint density at radius 1 is 0.893 bits per heavy atom. The second kappa shape index (κ2) is 11.8. The first kappa shape index (κ1) is 25.2.